The molecule has 0 aliphatic rings. The number of hydrogen-bond donors (Lipinski definition) is 3. The van der Waals surface area contributed by atoms with Gasteiger partial charge in [0.25, 0.3) is 5.91 Å². The summed E-state index contributed by atoms with van der Waals surface area (Å²) in [6.07, 6.45) is 0. The van der Waals surface area contributed by atoms with Gasteiger partial charge in [-0.2, -0.15) is 5.26 Å². The molecule has 1 amide bonds. The first-order valence-electron chi connectivity index (χ1n) is 7.27. The van der Waals surface area contributed by atoms with Crippen LogP contribution >= 0.6 is 15.9 Å². The number of benzene rings is 2. The van der Waals surface area contributed by atoms with E-state index in [2.05, 4.69) is 26.6 Å². The summed E-state index contributed by atoms with van der Waals surface area (Å²) in [7, 11) is -3.93. The van der Waals surface area contributed by atoms with Crippen LogP contribution in [0, 0.1) is 17.1 Å². The van der Waals surface area contributed by atoms with Gasteiger partial charge in [-0.1, -0.05) is 6.07 Å². The molecule has 0 aliphatic carbocycles. The largest absolute Gasteiger partial charge is 0.382 e. The van der Waals surface area contributed by atoms with Gasteiger partial charge in [-0.05, 0) is 46.3 Å². The maximum absolute atomic E-state index is 13.5. The third kappa shape index (κ3) is 4.78. The summed E-state index contributed by atoms with van der Waals surface area (Å²) in [4.78, 5) is 12.0. The number of nitrogens with one attached hydrogen (secondary N) is 2. The highest BCUT2D eigenvalue weighted by Crippen LogP contribution is 2.20. The number of hydrogen-bond acceptors (Lipinski definition) is 5. The van der Waals surface area contributed by atoms with Gasteiger partial charge < -0.3 is 10.6 Å². The van der Waals surface area contributed by atoms with Gasteiger partial charge in [-0.3, -0.25) is 4.79 Å². The van der Waals surface area contributed by atoms with E-state index in [0.717, 1.165) is 0 Å². The van der Waals surface area contributed by atoms with Crippen molar-refractivity contribution in [3.05, 3.63) is 57.8 Å². The molecule has 0 atom stereocenters. The fourth-order valence-corrected chi connectivity index (χ4v) is 3.08. The van der Waals surface area contributed by atoms with Crippen molar-refractivity contribution in [2.75, 3.05) is 18.4 Å². The molecule has 0 radical (unpaired) electrons. The lowest BCUT2D eigenvalue weighted by atomic mass is 10.2. The Kier molecular flexibility index (Phi) is 6.31. The molecule has 0 saturated heterocycles. The van der Waals surface area contributed by atoms with Crippen LogP contribution in [0.1, 0.15) is 15.9 Å². The zero-order valence-electron chi connectivity index (χ0n) is 13.3. The fraction of sp³-hybridized carbons (Fsp3) is 0.125. The maximum Gasteiger partial charge on any atom is 0.252 e. The van der Waals surface area contributed by atoms with E-state index in [0.29, 0.717) is 10.2 Å². The number of nitrogens with zero attached hydrogens (tertiary/aromatic N) is 1. The van der Waals surface area contributed by atoms with Crippen molar-refractivity contribution >= 4 is 37.5 Å². The SMILES string of the molecule is N#Cc1c(F)cccc1NCCNC(=O)c1cc(S(N)(=O)=O)ccc1Br. The first-order chi connectivity index (χ1) is 12.2. The second-order valence-corrected chi connectivity index (χ2v) is 7.56. The standard InChI is InChI=1S/C16H14BrFN4O3S/c17-13-5-4-10(26(20,24)25)8-11(13)16(23)22-7-6-21-15-3-1-2-14(18)12(15)9-19/h1-5,8,21H,6-7H2,(H,22,23)(H2,20,24,25). The number of rotatable bonds is 6. The summed E-state index contributed by atoms with van der Waals surface area (Å²) < 4.78 is 36.7. The highest BCUT2D eigenvalue weighted by Gasteiger charge is 2.15. The third-order valence-corrected chi connectivity index (χ3v) is 4.96. The first-order valence-corrected chi connectivity index (χ1v) is 9.61. The molecule has 2 aromatic rings. The molecule has 26 heavy (non-hydrogen) atoms. The van der Waals surface area contributed by atoms with E-state index in [-0.39, 0.29) is 29.1 Å². The van der Waals surface area contributed by atoms with Gasteiger partial charge in [0.2, 0.25) is 10.0 Å². The Morgan fingerprint density at radius 3 is 2.65 bits per heavy atom. The molecular formula is C16H14BrFN4O3S. The molecular weight excluding hydrogens is 427 g/mol. The Morgan fingerprint density at radius 2 is 2.00 bits per heavy atom. The minimum Gasteiger partial charge on any atom is -0.382 e. The molecule has 0 spiro atoms. The lowest BCUT2D eigenvalue weighted by Gasteiger charge is -2.11. The van der Waals surface area contributed by atoms with E-state index >= 15 is 0 Å². The summed E-state index contributed by atoms with van der Waals surface area (Å²) in [5.41, 5.74) is 0.321. The van der Waals surface area contributed by atoms with Crippen LogP contribution in [-0.2, 0) is 10.0 Å². The highest BCUT2D eigenvalue weighted by atomic mass is 79.9. The summed E-state index contributed by atoms with van der Waals surface area (Å²) in [6.45, 7) is 0.391. The van der Waals surface area contributed by atoms with Crippen molar-refractivity contribution in [2.45, 2.75) is 4.90 Å². The molecule has 0 aliphatic heterocycles. The minimum absolute atomic E-state index is 0.109. The van der Waals surface area contributed by atoms with Gasteiger partial charge in [0, 0.05) is 17.6 Å². The van der Waals surface area contributed by atoms with Crippen molar-refractivity contribution in [3.8, 4) is 6.07 Å². The Morgan fingerprint density at radius 1 is 1.27 bits per heavy atom. The van der Waals surface area contributed by atoms with E-state index in [1.54, 1.807) is 12.1 Å². The van der Waals surface area contributed by atoms with Crippen LogP contribution in [-0.4, -0.2) is 27.4 Å². The number of amides is 1. The third-order valence-electron chi connectivity index (χ3n) is 3.36. The Hall–Kier alpha value is -2.48. The molecule has 2 aromatic carbocycles. The van der Waals surface area contributed by atoms with Crippen LogP contribution in [0.25, 0.3) is 0 Å². The molecule has 0 bridgehead atoms. The number of nitriles is 1. The second-order valence-electron chi connectivity index (χ2n) is 5.14. The average Bonchev–Trinajstić information content (AvgIpc) is 2.58. The van der Waals surface area contributed by atoms with E-state index in [4.69, 9.17) is 10.4 Å². The van der Waals surface area contributed by atoms with Gasteiger partial charge in [-0.25, -0.2) is 17.9 Å². The molecule has 2 rings (SSSR count). The maximum atomic E-state index is 13.5. The van der Waals surface area contributed by atoms with E-state index in [1.165, 1.54) is 30.3 Å². The van der Waals surface area contributed by atoms with Crippen LogP contribution in [0.5, 0.6) is 0 Å². The summed E-state index contributed by atoms with van der Waals surface area (Å²) in [6, 6.07) is 9.83. The van der Waals surface area contributed by atoms with Crippen LogP contribution in [0.15, 0.2) is 45.8 Å². The van der Waals surface area contributed by atoms with Crippen molar-refractivity contribution < 1.29 is 17.6 Å². The van der Waals surface area contributed by atoms with Crippen LogP contribution in [0.3, 0.4) is 0 Å². The zero-order valence-corrected chi connectivity index (χ0v) is 15.7. The summed E-state index contributed by atoms with van der Waals surface area (Å²) >= 11 is 3.18. The molecule has 10 heteroatoms. The number of nitrogens with two attached hydrogens (primary N) is 1. The summed E-state index contributed by atoms with van der Waals surface area (Å²) in [5, 5.41) is 19.5. The molecule has 0 aromatic heterocycles. The van der Waals surface area contributed by atoms with E-state index < -0.39 is 21.7 Å². The van der Waals surface area contributed by atoms with E-state index in [1.807, 2.05) is 0 Å². The number of primary sulfonamides is 1. The second kappa shape index (κ2) is 8.27. The zero-order chi connectivity index (χ0) is 19.3. The first kappa shape index (κ1) is 19.8. The highest BCUT2D eigenvalue weighted by molar-refractivity contribution is 9.10. The number of carbonyl (C=O) groups excluding carboxylic acids is 1. The predicted octanol–water partition coefficient (Wildman–Crippen LogP) is 1.95. The smallest absolute Gasteiger partial charge is 0.252 e. The molecule has 136 valence electrons. The van der Waals surface area contributed by atoms with Crippen LogP contribution < -0.4 is 15.8 Å². The van der Waals surface area contributed by atoms with Crippen molar-refractivity contribution in [1.29, 1.82) is 5.26 Å². The molecule has 0 unspecified atom stereocenters. The van der Waals surface area contributed by atoms with Crippen molar-refractivity contribution in [3.63, 3.8) is 0 Å². The predicted molar refractivity (Wildman–Crippen MR) is 97.5 cm³/mol. The lowest BCUT2D eigenvalue weighted by Crippen LogP contribution is -2.29. The number of carbonyl (C=O) groups is 1. The average molecular weight is 441 g/mol. The van der Waals surface area contributed by atoms with Crippen LogP contribution in [0.4, 0.5) is 10.1 Å². The topological polar surface area (TPSA) is 125 Å². The molecule has 4 N–H and O–H groups in total. The van der Waals surface area contributed by atoms with E-state index in [9.17, 15) is 17.6 Å². The minimum atomic E-state index is -3.93. The molecule has 0 saturated carbocycles. The molecule has 7 nitrogen and oxygen atoms in total. The van der Waals surface area contributed by atoms with Gasteiger partial charge >= 0.3 is 0 Å². The monoisotopic (exact) mass is 440 g/mol. The normalized spacial score (nSPS) is 10.8. The van der Waals surface area contributed by atoms with Gasteiger partial charge in [0.15, 0.2) is 0 Å². The quantitative estimate of drug-likeness (QED) is 0.591. The fourth-order valence-electron chi connectivity index (χ4n) is 2.11. The van der Waals surface area contributed by atoms with Crippen molar-refractivity contribution in [2.24, 2.45) is 5.14 Å². The Bertz CT molecular complexity index is 989. The Labute approximate surface area is 158 Å². The summed E-state index contributed by atoms with van der Waals surface area (Å²) in [5.74, 6) is -1.14. The van der Waals surface area contributed by atoms with Crippen LogP contribution in [0.2, 0.25) is 0 Å². The molecule has 0 heterocycles. The number of sulfonamides is 1. The Balaban J connectivity index is 2.00. The molecule has 0 fully saturated rings. The lowest BCUT2D eigenvalue weighted by molar-refractivity contribution is 0.0954. The number of halogens is 2. The van der Waals surface area contributed by atoms with Gasteiger partial charge in [-0.15, -0.1) is 0 Å². The number of anilines is 1. The van der Waals surface area contributed by atoms with Gasteiger partial charge in [0.1, 0.15) is 17.4 Å². The van der Waals surface area contributed by atoms with Gasteiger partial charge in [0.05, 0.1) is 16.1 Å². The van der Waals surface area contributed by atoms with Crippen molar-refractivity contribution in [1.82, 2.24) is 5.32 Å².